The predicted molar refractivity (Wildman–Crippen MR) is 76.2 cm³/mol. The van der Waals surface area contributed by atoms with Gasteiger partial charge in [0.1, 0.15) is 0 Å². The number of hydrogen-bond acceptors (Lipinski definition) is 4. The third-order valence-electron chi connectivity index (χ3n) is 4.66. The molecule has 134 valence electrons. The third-order valence-corrected chi connectivity index (χ3v) is 4.66. The molecule has 3 rings (SSSR count). The maximum atomic E-state index is 12.8. The number of nitrogens with zero attached hydrogens (tertiary/aromatic N) is 4. The van der Waals surface area contributed by atoms with Crippen LogP contribution in [0.25, 0.3) is 0 Å². The van der Waals surface area contributed by atoms with Crippen molar-refractivity contribution in [3.63, 3.8) is 0 Å². The van der Waals surface area contributed by atoms with E-state index in [9.17, 15) is 22.8 Å². The van der Waals surface area contributed by atoms with E-state index in [-0.39, 0.29) is 11.8 Å². The van der Waals surface area contributed by atoms with Gasteiger partial charge in [0, 0.05) is 26.7 Å². The highest BCUT2D eigenvalue weighted by molar-refractivity contribution is 5.79. The van der Waals surface area contributed by atoms with Crippen molar-refractivity contribution in [2.24, 2.45) is 13.0 Å². The van der Waals surface area contributed by atoms with Gasteiger partial charge in [0.05, 0.1) is 18.6 Å². The SMILES string of the molecule is Cn1c(C(F)(F)F)nn(C2CCN(C(=O)[C@H]3CCOC3)CC2)c1=O. The Hall–Kier alpha value is -1.84. The van der Waals surface area contributed by atoms with Crippen LogP contribution in [0, 0.1) is 5.92 Å². The summed E-state index contributed by atoms with van der Waals surface area (Å²) in [5.74, 6) is -1.31. The minimum Gasteiger partial charge on any atom is -0.381 e. The Labute approximate surface area is 136 Å². The highest BCUT2D eigenvalue weighted by Crippen LogP contribution is 2.28. The second-order valence-corrected chi connectivity index (χ2v) is 6.22. The van der Waals surface area contributed by atoms with Crippen molar-refractivity contribution in [1.29, 1.82) is 0 Å². The standard InChI is InChI=1S/C14H19F3N4O3/c1-19-12(14(15,16)17)18-21(13(19)23)10-2-5-20(6-3-10)11(22)9-4-7-24-8-9/h9-10H,2-8H2,1H3/t9-/m0/s1. The molecule has 1 aromatic heterocycles. The summed E-state index contributed by atoms with van der Waals surface area (Å²) in [5, 5.41) is 3.47. The van der Waals surface area contributed by atoms with Gasteiger partial charge in [0.2, 0.25) is 11.7 Å². The van der Waals surface area contributed by atoms with Gasteiger partial charge >= 0.3 is 11.9 Å². The summed E-state index contributed by atoms with van der Waals surface area (Å²) in [6, 6.07) is -0.427. The Balaban J connectivity index is 1.69. The number of alkyl halides is 3. The van der Waals surface area contributed by atoms with E-state index in [1.807, 2.05) is 0 Å². The number of halogens is 3. The van der Waals surface area contributed by atoms with Gasteiger partial charge in [-0.05, 0) is 19.3 Å². The third kappa shape index (κ3) is 3.06. The zero-order valence-electron chi connectivity index (χ0n) is 13.3. The summed E-state index contributed by atoms with van der Waals surface area (Å²) < 4.78 is 45.2. The second kappa shape index (κ2) is 6.23. The molecule has 0 saturated carbocycles. The molecule has 0 aliphatic carbocycles. The summed E-state index contributed by atoms with van der Waals surface area (Å²) in [7, 11) is 1.06. The van der Waals surface area contributed by atoms with Crippen molar-refractivity contribution < 1.29 is 22.7 Å². The summed E-state index contributed by atoms with van der Waals surface area (Å²) >= 11 is 0. The zero-order chi connectivity index (χ0) is 17.5. The van der Waals surface area contributed by atoms with E-state index in [4.69, 9.17) is 4.74 Å². The van der Waals surface area contributed by atoms with Crippen molar-refractivity contribution in [1.82, 2.24) is 19.2 Å². The number of rotatable bonds is 2. The minimum absolute atomic E-state index is 0.0234. The second-order valence-electron chi connectivity index (χ2n) is 6.22. The van der Waals surface area contributed by atoms with E-state index in [0.29, 0.717) is 50.1 Å². The van der Waals surface area contributed by atoms with E-state index in [1.165, 1.54) is 0 Å². The number of piperidine rings is 1. The lowest BCUT2D eigenvalue weighted by Crippen LogP contribution is -2.43. The monoisotopic (exact) mass is 348 g/mol. The molecule has 24 heavy (non-hydrogen) atoms. The molecule has 2 aliphatic heterocycles. The average Bonchev–Trinajstić information content (AvgIpc) is 3.16. The summed E-state index contributed by atoms with van der Waals surface area (Å²) in [4.78, 5) is 26.0. The smallest absolute Gasteiger partial charge is 0.381 e. The first-order valence-corrected chi connectivity index (χ1v) is 7.88. The van der Waals surface area contributed by atoms with Crippen LogP contribution in [0.1, 0.15) is 31.1 Å². The van der Waals surface area contributed by atoms with Crippen LogP contribution in [0.2, 0.25) is 0 Å². The molecular formula is C14H19F3N4O3. The molecule has 0 unspecified atom stereocenters. The maximum absolute atomic E-state index is 12.8. The average molecular weight is 348 g/mol. The lowest BCUT2D eigenvalue weighted by atomic mass is 10.0. The van der Waals surface area contributed by atoms with Gasteiger partial charge in [-0.25, -0.2) is 9.48 Å². The topological polar surface area (TPSA) is 69.4 Å². The molecule has 0 bridgehead atoms. The molecule has 1 atom stereocenters. The van der Waals surface area contributed by atoms with Gasteiger partial charge in [0.15, 0.2) is 0 Å². The molecule has 7 nitrogen and oxygen atoms in total. The zero-order valence-corrected chi connectivity index (χ0v) is 13.3. The molecule has 2 saturated heterocycles. The van der Waals surface area contributed by atoms with Gasteiger partial charge in [-0.2, -0.15) is 13.2 Å². The molecule has 2 fully saturated rings. The summed E-state index contributed by atoms with van der Waals surface area (Å²) in [6.45, 7) is 1.82. The molecular weight excluding hydrogens is 329 g/mol. The van der Waals surface area contributed by atoms with Crippen LogP contribution >= 0.6 is 0 Å². The Kier molecular flexibility index (Phi) is 4.41. The van der Waals surface area contributed by atoms with Crippen molar-refractivity contribution >= 4 is 5.91 Å². The molecule has 10 heteroatoms. The lowest BCUT2D eigenvalue weighted by molar-refractivity contribution is -0.147. The van der Waals surface area contributed by atoms with Crippen LogP contribution in [-0.4, -0.2) is 51.5 Å². The number of hydrogen-bond donors (Lipinski definition) is 0. The van der Waals surface area contributed by atoms with Crippen LogP contribution < -0.4 is 5.69 Å². The fraction of sp³-hybridized carbons (Fsp3) is 0.786. The molecule has 0 N–H and O–H groups in total. The fourth-order valence-corrected chi connectivity index (χ4v) is 3.26. The van der Waals surface area contributed by atoms with Gasteiger partial charge in [-0.15, -0.1) is 5.10 Å². The quantitative estimate of drug-likeness (QED) is 0.793. The fourth-order valence-electron chi connectivity index (χ4n) is 3.26. The highest BCUT2D eigenvalue weighted by atomic mass is 19.4. The van der Waals surface area contributed by atoms with Crippen LogP contribution in [0.3, 0.4) is 0 Å². The molecule has 0 aromatic carbocycles. The predicted octanol–water partition coefficient (Wildman–Crippen LogP) is 0.801. The van der Waals surface area contributed by atoms with E-state index in [0.717, 1.165) is 11.7 Å². The molecule has 0 radical (unpaired) electrons. The first-order valence-electron chi connectivity index (χ1n) is 7.88. The number of aromatic nitrogens is 3. The van der Waals surface area contributed by atoms with E-state index >= 15 is 0 Å². The molecule has 2 aliphatic rings. The van der Waals surface area contributed by atoms with Crippen molar-refractivity contribution in [2.45, 2.75) is 31.5 Å². The number of amides is 1. The highest BCUT2D eigenvalue weighted by Gasteiger charge is 2.39. The van der Waals surface area contributed by atoms with Crippen LogP contribution in [0.15, 0.2) is 4.79 Å². The van der Waals surface area contributed by atoms with Crippen LogP contribution in [0.5, 0.6) is 0 Å². The van der Waals surface area contributed by atoms with E-state index in [2.05, 4.69) is 5.10 Å². The Morgan fingerprint density at radius 3 is 2.42 bits per heavy atom. The number of likely N-dealkylation sites (tertiary alicyclic amines) is 1. The van der Waals surface area contributed by atoms with Crippen LogP contribution in [-0.2, 0) is 22.8 Å². The van der Waals surface area contributed by atoms with E-state index < -0.39 is 23.7 Å². The first-order chi connectivity index (χ1) is 11.3. The number of carbonyl (C=O) groups is 1. The number of carbonyl (C=O) groups excluding carboxylic acids is 1. The van der Waals surface area contributed by atoms with Crippen molar-refractivity contribution in [2.75, 3.05) is 26.3 Å². The van der Waals surface area contributed by atoms with Gasteiger partial charge < -0.3 is 9.64 Å². The minimum atomic E-state index is -4.67. The Bertz CT molecular complexity index is 668. The van der Waals surface area contributed by atoms with Crippen LogP contribution in [0.4, 0.5) is 13.2 Å². The number of ether oxygens (including phenoxy) is 1. The molecule has 1 aromatic rings. The van der Waals surface area contributed by atoms with Gasteiger partial charge in [-0.1, -0.05) is 0 Å². The normalized spacial score (nSPS) is 23.0. The molecule has 1 amide bonds. The van der Waals surface area contributed by atoms with Gasteiger partial charge in [0.25, 0.3) is 0 Å². The maximum Gasteiger partial charge on any atom is 0.451 e. The van der Waals surface area contributed by atoms with Crippen molar-refractivity contribution in [3.8, 4) is 0 Å². The summed E-state index contributed by atoms with van der Waals surface area (Å²) in [5.41, 5.74) is -0.781. The molecule has 3 heterocycles. The Morgan fingerprint density at radius 1 is 1.25 bits per heavy atom. The Morgan fingerprint density at radius 2 is 1.92 bits per heavy atom. The largest absolute Gasteiger partial charge is 0.451 e. The van der Waals surface area contributed by atoms with Crippen molar-refractivity contribution in [3.05, 3.63) is 16.3 Å². The van der Waals surface area contributed by atoms with E-state index in [1.54, 1.807) is 4.90 Å². The lowest BCUT2D eigenvalue weighted by Gasteiger charge is -2.33. The summed E-state index contributed by atoms with van der Waals surface area (Å²) in [6.07, 6.45) is -3.15. The van der Waals surface area contributed by atoms with Gasteiger partial charge in [-0.3, -0.25) is 9.36 Å². The molecule has 0 spiro atoms. The first kappa shape index (κ1) is 17.0.